The van der Waals surface area contributed by atoms with Gasteiger partial charge in [0.2, 0.25) is 5.91 Å². The van der Waals surface area contributed by atoms with E-state index in [-0.39, 0.29) is 5.91 Å². The second kappa shape index (κ2) is 8.62. The predicted molar refractivity (Wildman–Crippen MR) is 140 cm³/mol. The average molecular weight is 451 g/mol. The number of aromatic nitrogens is 1. The van der Waals surface area contributed by atoms with Crippen molar-refractivity contribution in [2.75, 3.05) is 0 Å². The SMILES string of the molecule is CC(=O)N(Cc1c2ccccc2cc2ccccc12)[C@@H](Cc1c[nH]c2ccccc12)C(C)(C)O. The first-order valence-electron chi connectivity index (χ1n) is 11.8. The maximum Gasteiger partial charge on any atom is 0.220 e. The molecular formula is C30H30N2O2. The monoisotopic (exact) mass is 450 g/mol. The zero-order valence-corrected chi connectivity index (χ0v) is 19.9. The highest BCUT2D eigenvalue weighted by Gasteiger charge is 2.35. The van der Waals surface area contributed by atoms with Crippen molar-refractivity contribution in [1.82, 2.24) is 9.88 Å². The normalized spacial score (nSPS) is 12.9. The van der Waals surface area contributed by atoms with Crippen LogP contribution in [0.3, 0.4) is 0 Å². The maximum absolute atomic E-state index is 13.1. The Morgan fingerprint density at radius 1 is 0.912 bits per heavy atom. The Morgan fingerprint density at radius 2 is 1.47 bits per heavy atom. The van der Waals surface area contributed by atoms with Crippen molar-refractivity contribution < 1.29 is 9.90 Å². The molecule has 0 fully saturated rings. The van der Waals surface area contributed by atoms with E-state index < -0.39 is 11.6 Å². The largest absolute Gasteiger partial charge is 0.388 e. The van der Waals surface area contributed by atoms with Gasteiger partial charge < -0.3 is 15.0 Å². The van der Waals surface area contributed by atoms with Crippen LogP contribution in [0.4, 0.5) is 0 Å². The molecule has 1 heterocycles. The summed E-state index contributed by atoms with van der Waals surface area (Å²) < 4.78 is 0. The molecule has 4 nitrogen and oxygen atoms in total. The number of hydrogen-bond donors (Lipinski definition) is 2. The molecule has 5 aromatic rings. The van der Waals surface area contributed by atoms with Gasteiger partial charge in [0.1, 0.15) is 0 Å². The number of nitrogens with zero attached hydrogens (tertiary/aromatic N) is 1. The third-order valence-corrected chi connectivity index (χ3v) is 6.90. The van der Waals surface area contributed by atoms with Crippen LogP contribution in [0, 0.1) is 0 Å². The van der Waals surface area contributed by atoms with Gasteiger partial charge in [-0.1, -0.05) is 66.7 Å². The molecule has 0 aliphatic rings. The Hall–Kier alpha value is -3.63. The van der Waals surface area contributed by atoms with Gasteiger partial charge in [0, 0.05) is 30.6 Å². The van der Waals surface area contributed by atoms with E-state index in [1.807, 2.05) is 53.6 Å². The molecule has 0 spiro atoms. The minimum absolute atomic E-state index is 0.0519. The molecule has 0 aliphatic carbocycles. The van der Waals surface area contributed by atoms with E-state index in [4.69, 9.17) is 0 Å². The van der Waals surface area contributed by atoms with Crippen LogP contribution in [0.5, 0.6) is 0 Å². The number of aliphatic hydroxyl groups is 1. The lowest BCUT2D eigenvalue weighted by Crippen LogP contribution is -2.52. The van der Waals surface area contributed by atoms with E-state index in [1.54, 1.807) is 20.8 Å². The number of H-pyrrole nitrogens is 1. The highest BCUT2D eigenvalue weighted by Crippen LogP contribution is 2.32. The molecule has 4 heteroatoms. The second-order valence-corrected chi connectivity index (χ2v) is 9.68. The summed E-state index contributed by atoms with van der Waals surface area (Å²) in [6, 6.07) is 26.6. The van der Waals surface area contributed by atoms with Crippen LogP contribution in [0.2, 0.25) is 0 Å². The van der Waals surface area contributed by atoms with Crippen molar-refractivity contribution in [3.8, 4) is 0 Å². The molecule has 0 aliphatic heterocycles. The summed E-state index contributed by atoms with van der Waals surface area (Å²) in [7, 11) is 0. The molecule has 0 unspecified atom stereocenters. The van der Waals surface area contributed by atoms with Crippen molar-refractivity contribution in [3.05, 3.63) is 96.2 Å². The van der Waals surface area contributed by atoms with Crippen molar-refractivity contribution in [2.24, 2.45) is 0 Å². The molecule has 0 saturated heterocycles. The average Bonchev–Trinajstić information content (AvgIpc) is 3.22. The van der Waals surface area contributed by atoms with Crippen LogP contribution in [0.1, 0.15) is 31.9 Å². The Kier molecular flexibility index (Phi) is 5.62. The van der Waals surface area contributed by atoms with Gasteiger partial charge >= 0.3 is 0 Å². The van der Waals surface area contributed by atoms with Gasteiger partial charge in [-0.25, -0.2) is 0 Å². The lowest BCUT2D eigenvalue weighted by atomic mass is 9.89. The van der Waals surface area contributed by atoms with Crippen LogP contribution in [0.25, 0.3) is 32.4 Å². The first-order valence-corrected chi connectivity index (χ1v) is 11.8. The highest BCUT2D eigenvalue weighted by molar-refractivity contribution is 6.02. The molecule has 2 N–H and O–H groups in total. The summed E-state index contributed by atoms with van der Waals surface area (Å²) in [5, 5.41) is 17.0. The molecular weight excluding hydrogens is 420 g/mol. The van der Waals surface area contributed by atoms with Gasteiger partial charge in [-0.2, -0.15) is 0 Å². The molecule has 1 atom stereocenters. The standard InChI is InChI=1S/C30H30N2O2/c1-20(33)32(29(30(2,3)34)17-23-18-31-28-15-9-8-14-26(23)28)19-27-24-12-6-4-10-21(24)16-22-11-5-7-13-25(22)27/h4-16,18,29,31,34H,17,19H2,1-3H3/t29-/m0/s1. The van der Waals surface area contributed by atoms with Crippen LogP contribution < -0.4 is 0 Å². The number of nitrogens with one attached hydrogen (secondary N) is 1. The number of rotatable bonds is 6. The summed E-state index contributed by atoms with van der Waals surface area (Å²) in [6.45, 7) is 5.61. The van der Waals surface area contributed by atoms with Gasteiger partial charge in [0.25, 0.3) is 0 Å². The first-order chi connectivity index (χ1) is 16.3. The third kappa shape index (κ3) is 4.06. The fourth-order valence-electron chi connectivity index (χ4n) is 5.14. The topological polar surface area (TPSA) is 56.3 Å². The molecule has 0 saturated carbocycles. The van der Waals surface area contributed by atoms with E-state index in [1.165, 1.54) is 0 Å². The van der Waals surface area contributed by atoms with E-state index in [0.29, 0.717) is 13.0 Å². The molecule has 5 rings (SSSR count). The Morgan fingerprint density at radius 3 is 2.06 bits per heavy atom. The first kappa shape index (κ1) is 22.2. The molecule has 1 amide bonds. The summed E-state index contributed by atoms with van der Waals surface area (Å²) >= 11 is 0. The number of benzene rings is 4. The van der Waals surface area contributed by atoms with Gasteiger partial charge in [-0.3, -0.25) is 4.79 Å². The van der Waals surface area contributed by atoms with Crippen LogP contribution in [0.15, 0.2) is 85.1 Å². The summed E-state index contributed by atoms with van der Waals surface area (Å²) in [6.07, 6.45) is 2.55. The number of para-hydroxylation sites is 1. The Labute approximate surface area is 199 Å². The molecule has 0 radical (unpaired) electrons. The van der Waals surface area contributed by atoms with Gasteiger partial charge in [0.15, 0.2) is 0 Å². The van der Waals surface area contributed by atoms with E-state index >= 15 is 0 Å². The highest BCUT2D eigenvalue weighted by atomic mass is 16.3. The summed E-state index contributed by atoms with van der Waals surface area (Å²) in [5.74, 6) is -0.0519. The summed E-state index contributed by atoms with van der Waals surface area (Å²) in [4.78, 5) is 18.3. The third-order valence-electron chi connectivity index (χ3n) is 6.90. The quantitative estimate of drug-likeness (QED) is 0.302. The smallest absolute Gasteiger partial charge is 0.220 e. The Bertz CT molecular complexity index is 1440. The molecule has 0 bridgehead atoms. The van der Waals surface area contributed by atoms with Crippen LogP contribution in [-0.2, 0) is 17.8 Å². The number of carbonyl (C=O) groups excluding carboxylic acids is 1. The molecule has 1 aromatic heterocycles. The lowest BCUT2D eigenvalue weighted by Gasteiger charge is -2.39. The minimum atomic E-state index is -1.09. The molecule has 4 aromatic carbocycles. The number of carbonyl (C=O) groups is 1. The van der Waals surface area contributed by atoms with Gasteiger partial charge in [0.05, 0.1) is 11.6 Å². The van der Waals surface area contributed by atoms with Crippen molar-refractivity contribution >= 4 is 38.4 Å². The minimum Gasteiger partial charge on any atom is -0.388 e. The zero-order valence-electron chi connectivity index (χ0n) is 19.9. The van der Waals surface area contributed by atoms with E-state index in [0.717, 1.165) is 43.6 Å². The second-order valence-electron chi connectivity index (χ2n) is 9.68. The zero-order chi connectivity index (χ0) is 23.9. The predicted octanol–water partition coefficient (Wildman–Crippen LogP) is 6.21. The van der Waals surface area contributed by atoms with Gasteiger partial charge in [-0.05, 0) is 65.1 Å². The number of aromatic amines is 1. The van der Waals surface area contributed by atoms with Crippen LogP contribution >= 0.6 is 0 Å². The van der Waals surface area contributed by atoms with E-state index in [2.05, 4.69) is 41.4 Å². The fourth-order valence-corrected chi connectivity index (χ4v) is 5.14. The summed E-state index contributed by atoms with van der Waals surface area (Å²) in [5.41, 5.74) is 2.17. The number of fused-ring (bicyclic) bond motifs is 3. The molecule has 34 heavy (non-hydrogen) atoms. The number of hydrogen-bond acceptors (Lipinski definition) is 2. The van der Waals surface area contributed by atoms with Crippen molar-refractivity contribution in [1.29, 1.82) is 0 Å². The van der Waals surface area contributed by atoms with Crippen molar-refractivity contribution in [3.63, 3.8) is 0 Å². The van der Waals surface area contributed by atoms with Gasteiger partial charge in [-0.15, -0.1) is 0 Å². The lowest BCUT2D eigenvalue weighted by molar-refractivity contribution is -0.137. The fraction of sp³-hybridized carbons (Fsp3) is 0.233. The van der Waals surface area contributed by atoms with Crippen molar-refractivity contribution in [2.45, 2.75) is 45.4 Å². The number of amides is 1. The van der Waals surface area contributed by atoms with Crippen LogP contribution in [-0.4, -0.2) is 32.5 Å². The maximum atomic E-state index is 13.1. The van der Waals surface area contributed by atoms with E-state index in [9.17, 15) is 9.90 Å². The molecule has 172 valence electrons. The Balaban J connectivity index is 1.62.